The van der Waals surface area contributed by atoms with Crippen LogP contribution < -0.4 is 10.1 Å². The quantitative estimate of drug-likeness (QED) is 0.874. The molecule has 0 aliphatic carbocycles. The summed E-state index contributed by atoms with van der Waals surface area (Å²) in [5, 5.41) is 11.7. The molecule has 0 bridgehead atoms. The molecule has 2 heterocycles. The molecular weight excluding hydrogens is 282 g/mol. The van der Waals surface area contributed by atoms with Gasteiger partial charge in [-0.05, 0) is 13.0 Å². The van der Waals surface area contributed by atoms with Crippen molar-refractivity contribution in [2.24, 2.45) is 0 Å². The lowest BCUT2D eigenvalue weighted by molar-refractivity contribution is -0.140. The number of hydrogen-bond acceptors (Lipinski definition) is 5. The molecule has 1 fully saturated rings. The summed E-state index contributed by atoms with van der Waals surface area (Å²) >= 11 is 1.42. The fraction of sp³-hybridized carbons (Fsp3) is 0.417. The van der Waals surface area contributed by atoms with Gasteiger partial charge in [-0.25, -0.2) is 14.6 Å². The van der Waals surface area contributed by atoms with Crippen LogP contribution in [0.5, 0.6) is 5.88 Å². The third kappa shape index (κ3) is 3.32. The first-order valence-electron chi connectivity index (χ1n) is 6.09. The lowest BCUT2D eigenvalue weighted by Gasteiger charge is -2.20. The number of amides is 2. The summed E-state index contributed by atoms with van der Waals surface area (Å²) in [6, 6.07) is 2.09. The summed E-state index contributed by atoms with van der Waals surface area (Å²) in [6.07, 6.45) is 1.47. The van der Waals surface area contributed by atoms with Crippen molar-refractivity contribution in [1.29, 1.82) is 0 Å². The maximum atomic E-state index is 12.0. The van der Waals surface area contributed by atoms with Crippen molar-refractivity contribution in [1.82, 2.24) is 9.88 Å². The topological polar surface area (TPSA) is 91.8 Å². The Balaban J connectivity index is 1.98. The van der Waals surface area contributed by atoms with Crippen LogP contribution in [0, 0.1) is 0 Å². The Morgan fingerprint density at radius 3 is 3.00 bits per heavy atom. The lowest BCUT2D eigenvalue weighted by Crippen LogP contribution is -2.43. The van der Waals surface area contributed by atoms with Crippen molar-refractivity contribution in [3.05, 3.63) is 18.3 Å². The third-order valence-electron chi connectivity index (χ3n) is 2.71. The van der Waals surface area contributed by atoms with E-state index in [-0.39, 0.29) is 0 Å². The number of carbonyl (C=O) groups excluding carboxylic acids is 1. The van der Waals surface area contributed by atoms with E-state index in [4.69, 9.17) is 9.84 Å². The minimum Gasteiger partial charge on any atom is -0.480 e. The molecule has 2 amide bonds. The fourth-order valence-electron chi connectivity index (χ4n) is 1.73. The molecule has 2 rings (SSSR count). The van der Waals surface area contributed by atoms with Crippen LogP contribution in [0.25, 0.3) is 0 Å². The number of carboxylic acid groups (broad SMARTS) is 1. The molecule has 1 aromatic heterocycles. The number of nitrogens with zero attached hydrogens (tertiary/aromatic N) is 2. The number of urea groups is 1. The molecule has 0 aromatic carbocycles. The zero-order valence-electron chi connectivity index (χ0n) is 10.9. The molecular formula is C12H15N3O4S. The van der Waals surface area contributed by atoms with Crippen LogP contribution in [0.4, 0.5) is 10.5 Å². The number of rotatable bonds is 4. The predicted octanol–water partition coefficient (Wildman–Crippen LogP) is 1.47. The SMILES string of the molecule is CCOc1ccc(NC(=O)N2CSCC2C(=O)O)cn1. The molecule has 1 aliphatic rings. The molecule has 7 nitrogen and oxygen atoms in total. The van der Waals surface area contributed by atoms with Gasteiger partial charge in [-0.1, -0.05) is 0 Å². The van der Waals surface area contributed by atoms with E-state index in [1.807, 2.05) is 6.92 Å². The first-order chi connectivity index (χ1) is 9.61. The number of ether oxygens (including phenoxy) is 1. The molecule has 20 heavy (non-hydrogen) atoms. The van der Waals surface area contributed by atoms with Gasteiger partial charge in [0.25, 0.3) is 0 Å². The van der Waals surface area contributed by atoms with Crippen molar-refractivity contribution < 1.29 is 19.4 Å². The van der Waals surface area contributed by atoms with E-state index in [1.165, 1.54) is 22.9 Å². The van der Waals surface area contributed by atoms with E-state index in [0.717, 1.165) is 0 Å². The van der Waals surface area contributed by atoms with E-state index < -0.39 is 18.0 Å². The van der Waals surface area contributed by atoms with E-state index >= 15 is 0 Å². The number of hydrogen-bond donors (Lipinski definition) is 2. The van der Waals surface area contributed by atoms with E-state index in [1.54, 1.807) is 12.1 Å². The van der Waals surface area contributed by atoms with E-state index in [0.29, 0.717) is 29.8 Å². The molecule has 108 valence electrons. The minimum absolute atomic E-state index is 0.368. The number of aliphatic carboxylic acids is 1. The Kier molecular flexibility index (Phi) is 4.67. The first-order valence-corrected chi connectivity index (χ1v) is 7.24. The van der Waals surface area contributed by atoms with Crippen LogP contribution in [0.2, 0.25) is 0 Å². The van der Waals surface area contributed by atoms with Crippen LogP contribution in [-0.2, 0) is 4.79 Å². The molecule has 2 N–H and O–H groups in total. The maximum absolute atomic E-state index is 12.0. The summed E-state index contributed by atoms with van der Waals surface area (Å²) in [6.45, 7) is 2.37. The van der Waals surface area contributed by atoms with Crippen LogP contribution in [0.15, 0.2) is 18.3 Å². The Morgan fingerprint density at radius 1 is 1.60 bits per heavy atom. The summed E-state index contributed by atoms with van der Waals surface area (Å²) in [4.78, 5) is 28.4. The highest BCUT2D eigenvalue weighted by Crippen LogP contribution is 2.22. The van der Waals surface area contributed by atoms with Gasteiger partial charge >= 0.3 is 12.0 Å². The molecule has 1 saturated heterocycles. The van der Waals surface area contributed by atoms with Gasteiger partial charge in [0.2, 0.25) is 5.88 Å². The summed E-state index contributed by atoms with van der Waals surface area (Å²) in [5.41, 5.74) is 0.500. The van der Waals surface area contributed by atoms with Crippen molar-refractivity contribution in [2.75, 3.05) is 23.6 Å². The number of carbonyl (C=O) groups is 2. The number of aromatic nitrogens is 1. The highest BCUT2D eigenvalue weighted by Gasteiger charge is 2.34. The van der Waals surface area contributed by atoms with Crippen LogP contribution >= 0.6 is 11.8 Å². The summed E-state index contributed by atoms with van der Waals surface area (Å²) < 4.78 is 5.20. The van der Waals surface area contributed by atoms with Gasteiger partial charge in [-0.3, -0.25) is 0 Å². The highest BCUT2D eigenvalue weighted by atomic mass is 32.2. The van der Waals surface area contributed by atoms with Gasteiger partial charge < -0.3 is 20.1 Å². The molecule has 8 heteroatoms. The molecule has 1 unspecified atom stereocenters. The maximum Gasteiger partial charge on any atom is 0.327 e. The average molecular weight is 297 g/mol. The van der Waals surface area contributed by atoms with Crippen molar-refractivity contribution in [3.63, 3.8) is 0 Å². The van der Waals surface area contributed by atoms with Crippen LogP contribution in [0.3, 0.4) is 0 Å². The molecule has 1 aliphatic heterocycles. The smallest absolute Gasteiger partial charge is 0.327 e. The Labute approximate surface area is 120 Å². The van der Waals surface area contributed by atoms with Gasteiger partial charge in [0, 0.05) is 11.8 Å². The largest absolute Gasteiger partial charge is 0.480 e. The zero-order chi connectivity index (χ0) is 14.5. The second kappa shape index (κ2) is 6.47. The molecule has 0 radical (unpaired) electrons. The molecule has 1 aromatic rings. The number of carboxylic acids is 1. The Morgan fingerprint density at radius 2 is 2.40 bits per heavy atom. The average Bonchev–Trinajstić information content (AvgIpc) is 2.91. The van der Waals surface area contributed by atoms with Crippen molar-refractivity contribution >= 4 is 29.4 Å². The minimum atomic E-state index is -0.991. The van der Waals surface area contributed by atoms with Gasteiger partial charge in [0.1, 0.15) is 6.04 Å². The highest BCUT2D eigenvalue weighted by molar-refractivity contribution is 7.99. The van der Waals surface area contributed by atoms with Gasteiger partial charge in [-0.2, -0.15) is 0 Å². The number of thioether (sulfide) groups is 1. The summed E-state index contributed by atoms with van der Waals surface area (Å²) in [5.74, 6) is 0.262. The molecule has 0 spiro atoms. The van der Waals surface area contributed by atoms with Crippen LogP contribution in [0.1, 0.15) is 6.92 Å². The monoisotopic (exact) mass is 297 g/mol. The van der Waals surface area contributed by atoms with E-state index in [2.05, 4.69) is 10.3 Å². The standard InChI is InChI=1S/C12H15N3O4S/c1-2-19-10-4-3-8(5-13-10)14-12(18)15-7-20-6-9(15)11(16)17/h3-5,9H,2,6-7H2,1H3,(H,14,18)(H,16,17). The summed E-state index contributed by atoms with van der Waals surface area (Å²) in [7, 11) is 0. The van der Waals surface area contributed by atoms with Crippen LogP contribution in [-0.4, -0.2) is 51.3 Å². The number of anilines is 1. The normalized spacial score (nSPS) is 17.9. The second-order valence-corrected chi connectivity index (χ2v) is 5.07. The second-order valence-electron chi connectivity index (χ2n) is 4.07. The Bertz CT molecular complexity index is 494. The van der Waals surface area contributed by atoms with Crippen molar-refractivity contribution in [2.45, 2.75) is 13.0 Å². The number of pyridine rings is 1. The third-order valence-corrected chi connectivity index (χ3v) is 3.72. The molecule has 0 saturated carbocycles. The molecule has 1 atom stereocenters. The lowest BCUT2D eigenvalue weighted by atomic mass is 10.3. The van der Waals surface area contributed by atoms with Gasteiger partial charge in [0.05, 0.1) is 24.4 Å². The first kappa shape index (κ1) is 14.4. The van der Waals surface area contributed by atoms with Crippen molar-refractivity contribution in [3.8, 4) is 5.88 Å². The fourth-order valence-corrected chi connectivity index (χ4v) is 2.88. The Hall–Kier alpha value is -1.96. The predicted molar refractivity (Wildman–Crippen MR) is 75.0 cm³/mol. The van der Waals surface area contributed by atoms with E-state index in [9.17, 15) is 9.59 Å². The van der Waals surface area contributed by atoms with Gasteiger partial charge in [0.15, 0.2) is 0 Å². The van der Waals surface area contributed by atoms with Gasteiger partial charge in [-0.15, -0.1) is 11.8 Å². The zero-order valence-corrected chi connectivity index (χ0v) is 11.7. The number of nitrogens with one attached hydrogen (secondary N) is 1.